The molecule has 0 spiro atoms. The van der Waals surface area contributed by atoms with Gasteiger partial charge in [0.25, 0.3) is 0 Å². The van der Waals surface area contributed by atoms with Gasteiger partial charge < -0.3 is 14.8 Å². The SMILES string of the molecule is C=Cc1nccc(C)c1-c1cccc2c(CCCOc3cccc4ccccc34)c(C(=O)O)[nH]c12. The van der Waals surface area contributed by atoms with Crippen molar-refractivity contribution >= 4 is 33.7 Å². The summed E-state index contributed by atoms with van der Waals surface area (Å²) in [5.74, 6) is -0.129. The molecular formula is C30H26N2O3. The van der Waals surface area contributed by atoms with Gasteiger partial charge in [0.1, 0.15) is 11.4 Å². The predicted octanol–water partition coefficient (Wildman–Crippen LogP) is 7.04. The van der Waals surface area contributed by atoms with Crippen LogP contribution in [0.3, 0.4) is 0 Å². The standard InChI is InChI=1S/C30H26N2O3/c1-3-25-27(19(2)16-17-31-25)24-13-7-12-22-23(29(30(33)34)32-28(22)24)14-8-18-35-26-15-6-10-20-9-4-5-11-21(20)26/h3-7,9-13,15-17,32H,1,8,14,18H2,2H3,(H,33,34). The Kier molecular flexibility index (Phi) is 6.06. The van der Waals surface area contributed by atoms with Crippen LogP contribution >= 0.6 is 0 Å². The van der Waals surface area contributed by atoms with E-state index in [-0.39, 0.29) is 5.69 Å². The van der Waals surface area contributed by atoms with Crippen LogP contribution in [0.4, 0.5) is 0 Å². The number of benzene rings is 3. The summed E-state index contributed by atoms with van der Waals surface area (Å²) < 4.78 is 6.09. The van der Waals surface area contributed by atoms with Gasteiger partial charge in [-0.3, -0.25) is 4.98 Å². The third-order valence-corrected chi connectivity index (χ3v) is 6.38. The van der Waals surface area contributed by atoms with Gasteiger partial charge in [0.05, 0.1) is 17.8 Å². The third kappa shape index (κ3) is 4.17. The van der Waals surface area contributed by atoms with Crippen LogP contribution in [0.1, 0.15) is 33.7 Å². The topological polar surface area (TPSA) is 75.2 Å². The molecule has 0 bridgehead atoms. The fourth-order valence-electron chi connectivity index (χ4n) is 4.76. The van der Waals surface area contributed by atoms with E-state index in [2.05, 4.69) is 28.7 Å². The molecule has 0 aliphatic heterocycles. The summed E-state index contributed by atoms with van der Waals surface area (Å²) >= 11 is 0. The molecule has 5 aromatic rings. The number of carboxylic acid groups (broad SMARTS) is 1. The number of aromatic amines is 1. The van der Waals surface area contributed by atoms with Gasteiger partial charge in [-0.15, -0.1) is 0 Å². The second-order valence-electron chi connectivity index (χ2n) is 8.53. The summed E-state index contributed by atoms with van der Waals surface area (Å²) in [5, 5.41) is 13.1. The zero-order chi connectivity index (χ0) is 24.4. The number of pyridine rings is 1. The van der Waals surface area contributed by atoms with Gasteiger partial charge in [0.2, 0.25) is 0 Å². The number of nitrogens with zero attached hydrogens (tertiary/aromatic N) is 1. The molecule has 5 rings (SSSR count). The molecule has 3 aromatic carbocycles. The number of nitrogens with one attached hydrogen (secondary N) is 1. The Hall–Kier alpha value is -4.38. The van der Waals surface area contributed by atoms with E-state index in [1.54, 1.807) is 12.3 Å². The first-order chi connectivity index (χ1) is 17.1. The largest absolute Gasteiger partial charge is 0.493 e. The van der Waals surface area contributed by atoms with E-state index >= 15 is 0 Å². The first-order valence-corrected chi connectivity index (χ1v) is 11.6. The van der Waals surface area contributed by atoms with Crippen molar-refractivity contribution in [1.29, 1.82) is 0 Å². The van der Waals surface area contributed by atoms with E-state index in [1.807, 2.05) is 61.5 Å². The molecule has 0 unspecified atom stereocenters. The number of fused-ring (bicyclic) bond motifs is 2. The molecule has 5 heteroatoms. The van der Waals surface area contributed by atoms with E-state index in [4.69, 9.17) is 4.74 Å². The summed E-state index contributed by atoms with van der Waals surface area (Å²) in [7, 11) is 0. The molecule has 2 heterocycles. The van der Waals surface area contributed by atoms with Crippen LogP contribution in [0.2, 0.25) is 0 Å². The van der Waals surface area contributed by atoms with Crippen LogP contribution in [0, 0.1) is 6.92 Å². The number of hydrogen-bond donors (Lipinski definition) is 2. The predicted molar refractivity (Wildman–Crippen MR) is 141 cm³/mol. The molecule has 0 radical (unpaired) electrons. The highest BCUT2D eigenvalue weighted by Crippen LogP contribution is 2.35. The number of rotatable bonds is 8. The fraction of sp³-hybridized carbons (Fsp3) is 0.133. The van der Waals surface area contributed by atoms with Crippen molar-refractivity contribution in [3.8, 4) is 16.9 Å². The number of ether oxygens (including phenoxy) is 1. The first-order valence-electron chi connectivity index (χ1n) is 11.6. The molecule has 0 fully saturated rings. The quantitative estimate of drug-likeness (QED) is 0.242. The van der Waals surface area contributed by atoms with Crippen LogP contribution in [0.25, 0.3) is 38.9 Å². The smallest absolute Gasteiger partial charge is 0.352 e. The van der Waals surface area contributed by atoms with Crippen molar-refractivity contribution in [2.24, 2.45) is 0 Å². The Morgan fingerprint density at radius 1 is 1.06 bits per heavy atom. The lowest BCUT2D eigenvalue weighted by Gasteiger charge is -2.11. The zero-order valence-electron chi connectivity index (χ0n) is 19.5. The van der Waals surface area contributed by atoms with E-state index in [1.165, 1.54) is 0 Å². The number of aromatic carboxylic acids is 1. The molecule has 0 aliphatic carbocycles. The first kappa shape index (κ1) is 22.4. The Bertz CT molecular complexity index is 1560. The van der Waals surface area contributed by atoms with Crippen molar-refractivity contribution in [1.82, 2.24) is 9.97 Å². The monoisotopic (exact) mass is 462 g/mol. The molecule has 2 aromatic heterocycles. The molecule has 5 nitrogen and oxygen atoms in total. The van der Waals surface area contributed by atoms with Crippen LogP contribution in [0.15, 0.2) is 79.5 Å². The van der Waals surface area contributed by atoms with Crippen LogP contribution in [0.5, 0.6) is 5.75 Å². The molecule has 174 valence electrons. The minimum absolute atomic E-state index is 0.222. The maximum Gasteiger partial charge on any atom is 0.352 e. The summed E-state index contributed by atoms with van der Waals surface area (Å²) in [5.41, 5.74) is 5.51. The second-order valence-corrected chi connectivity index (χ2v) is 8.53. The zero-order valence-corrected chi connectivity index (χ0v) is 19.5. The van der Waals surface area contributed by atoms with Crippen molar-refractivity contribution in [3.05, 3.63) is 102 Å². The van der Waals surface area contributed by atoms with Gasteiger partial charge in [-0.2, -0.15) is 0 Å². The third-order valence-electron chi connectivity index (χ3n) is 6.38. The van der Waals surface area contributed by atoms with Gasteiger partial charge in [-0.1, -0.05) is 61.2 Å². The highest BCUT2D eigenvalue weighted by Gasteiger charge is 2.20. The number of para-hydroxylation sites is 1. The number of carbonyl (C=O) groups is 1. The summed E-state index contributed by atoms with van der Waals surface area (Å²) in [4.78, 5) is 19.8. The van der Waals surface area contributed by atoms with E-state index in [0.717, 1.165) is 55.4 Å². The van der Waals surface area contributed by atoms with E-state index < -0.39 is 5.97 Å². The van der Waals surface area contributed by atoms with Gasteiger partial charge in [0, 0.05) is 28.1 Å². The minimum Gasteiger partial charge on any atom is -0.493 e. The lowest BCUT2D eigenvalue weighted by Crippen LogP contribution is -2.04. The molecule has 0 amide bonds. The number of H-pyrrole nitrogens is 1. The Morgan fingerprint density at radius 2 is 1.83 bits per heavy atom. The van der Waals surface area contributed by atoms with Crippen molar-refractivity contribution < 1.29 is 14.6 Å². The molecule has 2 N–H and O–H groups in total. The van der Waals surface area contributed by atoms with Crippen LogP contribution < -0.4 is 4.74 Å². The van der Waals surface area contributed by atoms with E-state index in [0.29, 0.717) is 19.4 Å². The van der Waals surface area contributed by atoms with Crippen molar-refractivity contribution in [2.75, 3.05) is 6.61 Å². The summed E-state index contributed by atoms with van der Waals surface area (Å²) in [6.45, 7) is 6.41. The molecular weight excluding hydrogens is 436 g/mol. The van der Waals surface area contributed by atoms with Crippen LogP contribution in [-0.2, 0) is 6.42 Å². The van der Waals surface area contributed by atoms with Gasteiger partial charge in [-0.25, -0.2) is 4.79 Å². The summed E-state index contributed by atoms with van der Waals surface area (Å²) in [6, 6.07) is 22.0. The van der Waals surface area contributed by atoms with Gasteiger partial charge >= 0.3 is 5.97 Å². The normalized spacial score (nSPS) is 11.1. The molecule has 0 saturated heterocycles. The Morgan fingerprint density at radius 3 is 2.66 bits per heavy atom. The minimum atomic E-state index is -0.969. The molecule has 0 saturated carbocycles. The van der Waals surface area contributed by atoms with Gasteiger partial charge in [0.15, 0.2) is 0 Å². The number of aryl methyl sites for hydroxylation is 2. The van der Waals surface area contributed by atoms with Gasteiger partial charge in [-0.05, 0) is 54.5 Å². The highest BCUT2D eigenvalue weighted by molar-refractivity contribution is 6.04. The van der Waals surface area contributed by atoms with Crippen molar-refractivity contribution in [3.63, 3.8) is 0 Å². The maximum absolute atomic E-state index is 12.1. The van der Waals surface area contributed by atoms with E-state index in [9.17, 15) is 9.90 Å². The maximum atomic E-state index is 12.1. The second kappa shape index (κ2) is 9.47. The molecule has 35 heavy (non-hydrogen) atoms. The summed E-state index contributed by atoms with van der Waals surface area (Å²) in [6.07, 6.45) is 4.75. The fourth-order valence-corrected chi connectivity index (χ4v) is 4.76. The Labute approximate surface area is 203 Å². The average molecular weight is 463 g/mol. The van der Waals surface area contributed by atoms with Crippen molar-refractivity contribution in [2.45, 2.75) is 19.8 Å². The average Bonchev–Trinajstić information content (AvgIpc) is 3.26. The lowest BCUT2D eigenvalue weighted by molar-refractivity contribution is 0.0690. The number of hydrogen-bond acceptors (Lipinski definition) is 3. The van der Waals surface area contributed by atoms with Crippen LogP contribution in [-0.4, -0.2) is 27.7 Å². The molecule has 0 atom stereocenters. The number of carboxylic acids is 1. The molecule has 0 aliphatic rings. The highest BCUT2D eigenvalue weighted by atomic mass is 16.5. The Balaban J connectivity index is 1.45. The lowest BCUT2D eigenvalue weighted by atomic mass is 9.96. The number of aromatic nitrogens is 2.